The number of fused-ring (bicyclic) bond motifs is 3. The first-order valence-electron chi connectivity index (χ1n) is 16.9. The Morgan fingerprint density at radius 1 is 0.340 bits per heavy atom. The Hall–Kier alpha value is -6.65. The van der Waals surface area contributed by atoms with Crippen molar-refractivity contribution in [1.82, 2.24) is 19.5 Å². The van der Waals surface area contributed by atoms with E-state index in [9.17, 15) is 0 Å². The van der Waals surface area contributed by atoms with Crippen LogP contribution in [0, 0.1) is 0 Å². The maximum Gasteiger partial charge on any atom is 0.238 e. The monoisotopic (exact) mass is 640 g/mol. The highest BCUT2D eigenvalue weighted by Crippen LogP contribution is 2.46. The second kappa shape index (κ2) is 12.4. The van der Waals surface area contributed by atoms with E-state index in [1.54, 1.807) is 0 Å². The fraction of sp³-hybridized carbons (Fsp3) is 0.0217. The van der Waals surface area contributed by atoms with Crippen molar-refractivity contribution in [3.05, 3.63) is 216 Å². The van der Waals surface area contributed by atoms with Crippen molar-refractivity contribution in [2.45, 2.75) is 5.41 Å². The third-order valence-corrected chi connectivity index (χ3v) is 9.61. The van der Waals surface area contributed by atoms with Crippen LogP contribution in [-0.4, -0.2) is 19.5 Å². The van der Waals surface area contributed by atoms with Gasteiger partial charge in [0.1, 0.15) is 0 Å². The Morgan fingerprint density at radius 3 is 1.26 bits per heavy atom. The van der Waals surface area contributed by atoms with Gasteiger partial charge in [-0.2, -0.15) is 9.97 Å². The van der Waals surface area contributed by atoms with Crippen LogP contribution < -0.4 is 0 Å². The largest absolute Gasteiger partial charge is 0.278 e. The van der Waals surface area contributed by atoms with Crippen molar-refractivity contribution in [1.29, 1.82) is 0 Å². The average Bonchev–Trinajstić information content (AvgIpc) is 3.54. The van der Waals surface area contributed by atoms with E-state index in [1.165, 1.54) is 16.7 Å². The van der Waals surface area contributed by atoms with Gasteiger partial charge in [0.2, 0.25) is 5.95 Å². The number of hydrogen-bond acceptors (Lipinski definition) is 3. The molecule has 0 aliphatic carbocycles. The Balaban J connectivity index is 1.32. The van der Waals surface area contributed by atoms with Crippen LogP contribution >= 0.6 is 0 Å². The van der Waals surface area contributed by atoms with Crippen molar-refractivity contribution >= 4 is 21.8 Å². The molecule has 0 aliphatic heterocycles. The Morgan fingerprint density at radius 2 is 0.740 bits per heavy atom. The number of rotatable bonds is 7. The smallest absolute Gasteiger partial charge is 0.238 e. The fourth-order valence-electron chi connectivity index (χ4n) is 7.40. The Labute approximate surface area is 291 Å². The lowest BCUT2D eigenvalue weighted by molar-refractivity contribution is 0.745. The van der Waals surface area contributed by atoms with Gasteiger partial charge in [-0.1, -0.05) is 176 Å². The number of benzene rings is 7. The molecule has 0 atom stereocenters. The van der Waals surface area contributed by atoms with E-state index < -0.39 is 5.41 Å². The molecule has 0 radical (unpaired) electrons. The molecule has 50 heavy (non-hydrogen) atoms. The summed E-state index contributed by atoms with van der Waals surface area (Å²) >= 11 is 0. The van der Waals surface area contributed by atoms with Gasteiger partial charge in [0.15, 0.2) is 11.6 Å². The summed E-state index contributed by atoms with van der Waals surface area (Å²) in [5, 5.41) is 2.32. The van der Waals surface area contributed by atoms with Crippen LogP contribution in [0.4, 0.5) is 0 Å². The van der Waals surface area contributed by atoms with Gasteiger partial charge in [-0.3, -0.25) is 4.57 Å². The molecule has 4 heteroatoms. The quantitative estimate of drug-likeness (QED) is 0.163. The van der Waals surface area contributed by atoms with E-state index in [0.29, 0.717) is 17.6 Å². The van der Waals surface area contributed by atoms with E-state index in [2.05, 4.69) is 180 Å². The van der Waals surface area contributed by atoms with Gasteiger partial charge in [0.05, 0.1) is 16.4 Å². The van der Waals surface area contributed by atoms with E-state index >= 15 is 0 Å². The van der Waals surface area contributed by atoms with Crippen molar-refractivity contribution < 1.29 is 0 Å². The first kappa shape index (κ1) is 29.5. The molecule has 0 unspecified atom stereocenters. The lowest BCUT2D eigenvalue weighted by atomic mass is 9.65. The SMILES string of the molecule is c1ccc(-c2nc(-c3cccc(C(c4ccccc4)(c4ccccc4)c4ccccc4)c3)nc(-n3c4ccccc4c4ccccc43)n2)cc1. The van der Waals surface area contributed by atoms with Gasteiger partial charge in [-0.05, 0) is 40.5 Å². The molecular weight excluding hydrogens is 609 g/mol. The minimum atomic E-state index is -0.593. The zero-order valence-corrected chi connectivity index (χ0v) is 27.3. The summed E-state index contributed by atoms with van der Waals surface area (Å²) in [7, 11) is 0. The Kier molecular flexibility index (Phi) is 7.33. The van der Waals surface area contributed by atoms with Crippen LogP contribution in [0.25, 0.3) is 50.5 Å². The summed E-state index contributed by atoms with van der Waals surface area (Å²) in [5.41, 5.74) is 8.02. The lowest BCUT2D eigenvalue weighted by Crippen LogP contribution is -2.31. The van der Waals surface area contributed by atoms with Gasteiger partial charge in [-0.25, -0.2) is 4.98 Å². The van der Waals surface area contributed by atoms with Crippen LogP contribution in [0.15, 0.2) is 194 Å². The summed E-state index contributed by atoms with van der Waals surface area (Å²) in [5.74, 6) is 1.82. The first-order chi connectivity index (χ1) is 24.8. The first-order valence-corrected chi connectivity index (χ1v) is 16.9. The molecule has 4 nitrogen and oxygen atoms in total. The lowest BCUT2D eigenvalue weighted by Gasteiger charge is -2.37. The molecule has 0 spiro atoms. The second-order valence-electron chi connectivity index (χ2n) is 12.4. The molecule has 0 fully saturated rings. The van der Waals surface area contributed by atoms with Gasteiger partial charge < -0.3 is 0 Å². The van der Waals surface area contributed by atoms with Gasteiger partial charge >= 0.3 is 0 Å². The Bertz CT molecular complexity index is 2430. The van der Waals surface area contributed by atoms with Crippen LogP contribution in [0.1, 0.15) is 22.3 Å². The third kappa shape index (κ3) is 4.89. The molecule has 0 aliphatic rings. The summed E-state index contributed by atoms with van der Waals surface area (Å²) in [4.78, 5) is 15.5. The summed E-state index contributed by atoms with van der Waals surface area (Å²) < 4.78 is 2.16. The van der Waals surface area contributed by atoms with Crippen molar-refractivity contribution in [3.63, 3.8) is 0 Å². The molecule has 7 aromatic carbocycles. The molecule has 0 amide bonds. The highest BCUT2D eigenvalue weighted by molar-refractivity contribution is 6.09. The number of hydrogen-bond donors (Lipinski definition) is 0. The zero-order chi connectivity index (χ0) is 33.3. The maximum absolute atomic E-state index is 5.25. The molecular formula is C46H32N4. The zero-order valence-electron chi connectivity index (χ0n) is 27.3. The minimum Gasteiger partial charge on any atom is -0.278 e. The van der Waals surface area contributed by atoms with Crippen molar-refractivity contribution in [2.75, 3.05) is 0 Å². The van der Waals surface area contributed by atoms with E-state index in [1.807, 2.05) is 18.2 Å². The van der Waals surface area contributed by atoms with E-state index in [4.69, 9.17) is 15.0 Å². The standard InChI is InChI=1S/C46H32N4/c1-5-18-33(19-6-1)43-47-44(49-45(48-43)50-41-30-15-13-28-39(41)40-29-14-16-31-42(40)50)34-20-17-27-38(32-34)46(35-21-7-2-8-22-35,36-23-9-3-10-24-36)37-25-11-4-12-26-37/h1-32H. The molecule has 9 aromatic rings. The van der Waals surface area contributed by atoms with Gasteiger partial charge in [0, 0.05) is 21.9 Å². The molecule has 236 valence electrons. The number of aromatic nitrogens is 4. The van der Waals surface area contributed by atoms with Crippen LogP contribution in [-0.2, 0) is 5.41 Å². The molecule has 0 saturated heterocycles. The van der Waals surface area contributed by atoms with Crippen LogP contribution in [0.2, 0.25) is 0 Å². The van der Waals surface area contributed by atoms with Crippen LogP contribution in [0.3, 0.4) is 0 Å². The molecule has 0 N–H and O–H groups in total. The van der Waals surface area contributed by atoms with Crippen molar-refractivity contribution in [3.8, 4) is 28.7 Å². The van der Waals surface area contributed by atoms with Gasteiger partial charge in [0.25, 0.3) is 0 Å². The molecule has 0 bridgehead atoms. The molecule has 2 heterocycles. The topological polar surface area (TPSA) is 43.6 Å². The maximum atomic E-state index is 5.25. The highest BCUT2D eigenvalue weighted by atomic mass is 15.2. The molecule has 2 aromatic heterocycles. The van der Waals surface area contributed by atoms with E-state index in [0.717, 1.165) is 38.5 Å². The average molecular weight is 641 g/mol. The summed E-state index contributed by atoms with van der Waals surface area (Å²) in [6.07, 6.45) is 0. The van der Waals surface area contributed by atoms with Gasteiger partial charge in [-0.15, -0.1) is 0 Å². The molecule has 0 saturated carbocycles. The normalized spacial score (nSPS) is 11.6. The summed E-state index contributed by atoms with van der Waals surface area (Å²) in [6.45, 7) is 0. The van der Waals surface area contributed by atoms with Crippen LogP contribution in [0.5, 0.6) is 0 Å². The minimum absolute atomic E-state index is 0.581. The molecule has 9 rings (SSSR count). The third-order valence-electron chi connectivity index (χ3n) is 9.61. The predicted molar refractivity (Wildman–Crippen MR) is 203 cm³/mol. The summed E-state index contributed by atoms with van der Waals surface area (Å²) in [6, 6.07) is 68.1. The predicted octanol–water partition coefficient (Wildman–Crippen LogP) is 10.7. The fourth-order valence-corrected chi connectivity index (χ4v) is 7.40. The van der Waals surface area contributed by atoms with E-state index in [-0.39, 0.29) is 0 Å². The number of para-hydroxylation sites is 2. The second-order valence-corrected chi connectivity index (χ2v) is 12.4. The number of nitrogens with zero attached hydrogens (tertiary/aromatic N) is 4. The highest BCUT2D eigenvalue weighted by Gasteiger charge is 2.38. The van der Waals surface area contributed by atoms with Crippen molar-refractivity contribution in [2.24, 2.45) is 0 Å².